The van der Waals surface area contributed by atoms with E-state index in [1.54, 1.807) is 0 Å². The van der Waals surface area contributed by atoms with Crippen LogP contribution in [0.1, 0.15) is 26.2 Å². The standard InChI is InChI=1S/C31H32P2/c1-25(32(26-15-6-2-7-16-26)27-17-8-3-9-18-27)30-23-14-24-31(30)33(28-19-10-4-11-20-28)29-21-12-5-13-22-29/h2-13,15-22,25,30-31H,14,23-24H2,1H3/t25-,30?,31?/m0/s1. The molecule has 2 heteroatoms. The Hall–Kier alpha value is -2.26. The van der Waals surface area contributed by atoms with E-state index in [4.69, 9.17) is 0 Å². The van der Waals surface area contributed by atoms with Crippen LogP contribution in [0.4, 0.5) is 0 Å². The van der Waals surface area contributed by atoms with Crippen molar-refractivity contribution < 1.29 is 0 Å². The summed E-state index contributed by atoms with van der Waals surface area (Å²) in [6.45, 7) is 2.55. The van der Waals surface area contributed by atoms with Crippen molar-refractivity contribution in [3.63, 3.8) is 0 Å². The van der Waals surface area contributed by atoms with Gasteiger partial charge in [-0.05, 0) is 67.1 Å². The van der Waals surface area contributed by atoms with Crippen LogP contribution in [0.3, 0.4) is 0 Å². The highest BCUT2D eigenvalue weighted by Gasteiger charge is 2.40. The molecule has 5 rings (SSSR count). The molecule has 0 aromatic heterocycles. The van der Waals surface area contributed by atoms with Gasteiger partial charge in [-0.3, -0.25) is 0 Å². The Morgan fingerprint density at radius 3 is 1.36 bits per heavy atom. The molecule has 0 radical (unpaired) electrons. The van der Waals surface area contributed by atoms with E-state index in [1.165, 1.54) is 40.5 Å². The Morgan fingerprint density at radius 2 is 0.939 bits per heavy atom. The van der Waals surface area contributed by atoms with Crippen LogP contribution in [0.2, 0.25) is 0 Å². The van der Waals surface area contributed by atoms with E-state index in [0.29, 0.717) is 5.66 Å². The summed E-state index contributed by atoms with van der Waals surface area (Å²) in [6, 6.07) is 45.3. The second kappa shape index (κ2) is 10.8. The Kier molecular flexibility index (Phi) is 7.36. The lowest BCUT2D eigenvalue weighted by Crippen LogP contribution is -2.33. The molecule has 4 aromatic rings. The molecule has 33 heavy (non-hydrogen) atoms. The van der Waals surface area contributed by atoms with Crippen molar-refractivity contribution in [3.05, 3.63) is 121 Å². The first-order valence-electron chi connectivity index (χ1n) is 12.1. The second-order valence-corrected chi connectivity index (χ2v) is 14.0. The molecule has 2 unspecified atom stereocenters. The molecule has 0 saturated heterocycles. The molecule has 0 aliphatic heterocycles. The molecule has 3 atom stereocenters. The van der Waals surface area contributed by atoms with Gasteiger partial charge < -0.3 is 0 Å². The van der Waals surface area contributed by atoms with Gasteiger partial charge in [-0.15, -0.1) is 0 Å². The third-order valence-electron chi connectivity index (χ3n) is 7.03. The summed E-state index contributed by atoms with van der Waals surface area (Å²) in [5.74, 6) is 0.739. The molecule has 0 bridgehead atoms. The molecule has 4 aromatic carbocycles. The number of hydrogen-bond acceptors (Lipinski definition) is 0. The maximum Gasteiger partial charge on any atom is -0.00943 e. The van der Waals surface area contributed by atoms with Gasteiger partial charge in [-0.2, -0.15) is 0 Å². The van der Waals surface area contributed by atoms with Gasteiger partial charge in [0.1, 0.15) is 0 Å². The molecular weight excluding hydrogens is 434 g/mol. The minimum Gasteiger partial charge on any atom is -0.0622 e. The quantitative estimate of drug-likeness (QED) is 0.263. The van der Waals surface area contributed by atoms with Crippen LogP contribution in [-0.2, 0) is 0 Å². The lowest BCUT2D eigenvalue weighted by molar-refractivity contribution is 0.548. The Morgan fingerprint density at radius 1 is 0.545 bits per heavy atom. The first-order chi connectivity index (χ1) is 16.3. The SMILES string of the molecule is C[C@@H](C1CCCC1P(c1ccccc1)c1ccccc1)P(c1ccccc1)c1ccccc1. The van der Waals surface area contributed by atoms with Crippen LogP contribution in [0.15, 0.2) is 121 Å². The van der Waals surface area contributed by atoms with Gasteiger partial charge in [0.15, 0.2) is 0 Å². The van der Waals surface area contributed by atoms with Crippen molar-refractivity contribution >= 4 is 37.1 Å². The zero-order chi connectivity index (χ0) is 22.5. The lowest BCUT2D eigenvalue weighted by Gasteiger charge is -2.37. The summed E-state index contributed by atoms with van der Waals surface area (Å²) >= 11 is 0. The molecule has 166 valence electrons. The zero-order valence-corrected chi connectivity index (χ0v) is 21.1. The third-order valence-corrected chi connectivity index (χ3v) is 12.9. The van der Waals surface area contributed by atoms with Crippen molar-refractivity contribution in [1.29, 1.82) is 0 Å². The molecule has 1 aliphatic rings. The fourth-order valence-corrected chi connectivity index (χ4v) is 11.9. The van der Waals surface area contributed by atoms with Crippen molar-refractivity contribution in [2.24, 2.45) is 5.92 Å². The van der Waals surface area contributed by atoms with Gasteiger partial charge >= 0.3 is 0 Å². The molecule has 1 saturated carbocycles. The normalized spacial score (nSPS) is 19.1. The van der Waals surface area contributed by atoms with E-state index >= 15 is 0 Å². The molecular formula is C31H32P2. The maximum atomic E-state index is 2.55. The number of benzene rings is 4. The number of rotatable bonds is 7. The largest absolute Gasteiger partial charge is 0.0622 e. The monoisotopic (exact) mass is 466 g/mol. The lowest BCUT2D eigenvalue weighted by atomic mass is 10.0. The summed E-state index contributed by atoms with van der Waals surface area (Å²) in [7, 11) is -0.778. The van der Waals surface area contributed by atoms with Crippen molar-refractivity contribution in [3.8, 4) is 0 Å². The average molecular weight is 467 g/mol. The van der Waals surface area contributed by atoms with E-state index in [9.17, 15) is 0 Å². The Balaban J connectivity index is 1.54. The summed E-state index contributed by atoms with van der Waals surface area (Å²) in [5, 5.41) is 6.10. The van der Waals surface area contributed by atoms with Gasteiger partial charge in [0, 0.05) is 0 Å². The van der Waals surface area contributed by atoms with Crippen LogP contribution in [-0.4, -0.2) is 11.3 Å². The van der Waals surface area contributed by atoms with Crippen LogP contribution >= 0.6 is 15.8 Å². The van der Waals surface area contributed by atoms with Crippen LogP contribution in [0.25, 0.3) is 0 Å². The fourth-order valence-electron chi connectivity index (χ4n) is 5.55. The topological polar surface area (TPSA) is 0 Å². The molecule has 0 N–H and O–H groups in total. The highest BCUT2D eigenvalue weighted by Crippen LogP contribution is 2.56. The second-order valence-electron chi connectivity index (χ2n) is 8.98. The van der Waals surface area contributed by atoms with Crippen molar-refractivity contribution in [2.75, 3.05) is 0 Å². The average Bonchev–Trinajstić information content (AvgIpc) is 3.36. The van der Waals surface area contributed by atoms with E-state index in [1.807, 2.05) is 0 Å². The smallest absolute Gasteiger partial charge is 0.00943 e. The number of hydrogen-bond donors (Lipinski definition) is 0. The van der Waals surface area contributed by atoms with E-state index in [-0.39, 0.29) is 7.92 Å². The predicted octanol–water partition coefficient (Wildman–Crippen LogP) is 6.81. The van der Waals surface area contributed by atoms with Gasteiger partial charge in [0.25, 0.3) is 0 Å². The van der Waals surface area contributed by atoms with E-state index < -0.39 is 7.92 Å². The first-order valence-corrected chi connectivity index (χ1v) is 14.9. The molecule has 0 nitrogen and oxygen atoms in total. The van der Waals surface area contributed by atoms with E-state index in [0.717, 1.165) is 11.6 Å². The van der Waals surface area contributed by atoms with Crippen molar-refractivity contribution in [1.82, 2.24) is 0 Å². The fraction of sp³-hybridized carbons (Fsp3) is 0.226. The highest BCUT2D eigenvalue weighted by molar-refractivity contribution is 7.74. The minimum absolute atomic E-state index is 0.376. The predicted molar refractivity (Wildman–Crippen MR) is 149 cm³/mol. The molecule has 0 amide bonds. The summed E-state index contributed by atoms with van der Waals surface area (Å²) in [4.78, 5) is 0. The maximum absolute atomic E-state index is 2.55. The Bertz CT molecular complexity index is 1030. The highest BCUT2D eigenvalue weighted by atomic mass is 31.1. The zero-order valence-electron chi connectivity index (χ0n) is 19.3. The molecule has 0 heterocycles. The minimum atomic E-state index is -0.402. The molecule has 1 aliphatic carbocycles. The van der Waals surface area contributed by atoms with Crippen molar-refractivity contribution in [2.45, 2.75) is 37.5 Å². The van der Waals surface area contributed by atoms with Gasteiger partial charge in [0.2, 0.25) is 0 Å². The Labute approximate surface area is 201 Å². The summed E-state index contributed by atoms with van der Waals surface area (Å²) in [5.41, 5.74) is 1.38. The third kappa shape index (κ3) is 4.99. The van der Waals surface area contributed by atoms with Crippen LogP contribution in [0, 0.1) is 5.92 Å². The summed E-state index contributed by atoms with van der Waals surface area (Å²) < 4.78 is 0. The summed E-state index contributed by atoms with van der Waals surface area (Å²) in [6.07, 6.45) is 4.05. The van der Waals surface area contributed by atoms with Gasteiger partial charge in [-0.1, -0.05) is 135 Å². The van der Waals surface area contributed by atoms with Gasteiger partial charge in [-0.25, -0.2) is 0 Å². The van der Waals surface area contributed by atoms with Gasteiger partial charge in [0.05, 0.1) is 0 Å². The van der Waals surface area contributed by atoms with E-state index in [2.05, 4.69) is 128 Å². The first kappa shape index (κ1) is 22.5. The van der Waals surface area contributed by atoms with Crippen LogP contribution < -0.4 is 21.2 Å². The molecule has 0 spiro atoms. The molecule has 1 fully saturated rings. The van der Waals surface area contributed by atoms with Crippen LogP contribution in [0.5, 0.6) is 0 Å².